The first-order valence-corrected chi connectivity index (χ1v) is 10.8. The van der Waals surface area contributed by atoms with E-state index in [4.69, 9.17) is 16.3 Å². The molecule has 1 N–H and O–H groups in total. The van der Waals surface area contributed by atoms with Crippen LogP contribution >= 0.6 is 11.6 Å². The number of carbonyl (C=O) groups is 1. The molecule has 2 heterocycles. The monoisotopic (exact) mass is 436 g/mol. The Morgan fingerprint density at radius 2 is 1.86 bits per heavy atom. The minimum absolute atomic E-state index is 0.112. The normalized spacial score (nSPS) is 12.4. The van der Waals surface area contributed by atoms with Crippen molar-refractivity contribution in [3.05, 3.63) is 58.9 Å². The highest BCUT2D eigenvalue weighted by Gasteiger charge is 2.30. The van der Waals surface area contributed by atoms with Gasteiger partial charge in [-0.05, 0) is 56.2 Å². The van der Waals surface area contributed by atoms with Crippen molar-refractivity contribution in [1.29, 1.82) is 0 Å². The average Bonchev–Trinajstić information content (AvgIpc) is 3.04. The topological polar surface area (TPSA) is 98.5 Å². The van der Waals surface area contributed by atoms with Crippen molar-refractivity contribution in [3.63, 3.8) is 0 Å². The SMILES string of the molecule is CCc1ccc(S(=O)(=O)n2c(COC(C)(C)C(=O)O)cc3nc(Cl)ccc32)cc1. The van der Waals surface area contributed by atoms with Crippen LogP contribution in [0.3, 0.4) is 0 Å². The maximum atomic E-state index is 13.4. The molecule has 0 aliphatic heterocycles. The van der Waals surface area contributed by atoms with E-state index in [1.165, 1.54) is 26.0 Å². The van der Waals surface area contributed by atoms with Gasteiger partial charge in [0.05, 0.1) is 28.2 Å². The van der Waals surface area contributed by atoms with E-state index in [1.54, 1.807) is 30.3 Å². The van der Waals surface area contributed by atoms with Crippen molar-refractivity contribution in [1.82, 2.24) is 8.96 Å². The third kappa shape index (κ3) is 4.14. The van der Waals surface area contributed by atoms with Gasteiger partial charge in [0.1, 0.15) is 5.15 Å². The molecule has 1 aromatic carbocycles. The van der Waals surface area contributed by atoms with Crippen LogP contribution < -0.4 is 0 Å². The van der Waals surface area contributed by atoms with Crippen LogP contribution in [0.25, 0.3) is 11.0 Å². The summed E-state index contributed by atoms with van der Waals surface area (Å²) in [4.78, 5) is 15.6. The molecule has 0 spiro atoms. The van der Waals surface area contributed by atoms with Gasteiger partial charge in [-0.1, -0.05) is 30.7 Å². The Kier molecular flexibility index (Phi) is 5.71. The number of aliphatic carboxylic acids is 1. The van der Waals surface area contributed by atoms with Gasteiger partial charge in [-0.25, -0.2) is 22.2 Å². The van der Waals surface area contributed by atoms with Crippen LogP contribution in [0.15, 0.2) is 47.4 Å². The molecule has 9 heteroatoms. The molecule has 0 aliphatic carbocycles. The summed E-state index contributed by atoms with van der Waals surface area (Å²) in [6.07, 6.45) is 0.790. The quantitative estimate of drug-likeness (QED) is 0.564. The number of benzene rings is 1. The summed E-state index contributed by atoms with van der Waals surface area (Å²) in [5.74, 6) is -1.15. The standard InChI is InChI=1S/C20H21ClN2O5S/c1-4-13-5-7-15(8-6-13)29(26,27)23-14(12-28-20(2,3)19(24)25)11-16-17(23)9-10-18(21)22-16/h5-11H,4,12H2,1-3H3,(H,24,25). The fraction of sp³-hybridized carbons (Fsp3) is 0.300. The molecule has 7 nitrogen and oxygen atoms in total. The molecular weight excluding hydrogens is 416 g/mol. The summed E-state index contributed by atoms with van der Waals surface area (Å²) in [6.45, 7) is 4.54. The van der Waals surface area contributed by atoms with Gasteiger partial charge >= 0.3 is 5.97 Å². The van der Waals surface area contributed by atoms with Crippen LogP contribution in [0.2, 0.25) is 5.15 Å². The smallest absolute Gasteiger partial charge is 0.335 e. The molecule has 154 valence electrons. The molecule has 0 unspecified atom stereocenters. The molecule has 0 bridgehead atoms. The molecular formula is C20H21ClN2O5S. The lowest BCUT2D eigenvalue weighted by Crippen LogP contribution is -2.34. The highest BCUT2D eigenvalue weighted by molar-refractivity contribution is 7.90. The summed E-state index contributed by atoms with van der Waals surface area (Å²) < 4.78 is 33.4. The Morgan fingerprint density at radius 1 is 1.21 bits per heavy atom. The number of rotatable bonds is 7. The number of halogens is 1. The maximum Gasteiger partial charge on any atom is 0.335 e. The Labute approximate surface area is 173 Å². The van der Waals surface area contributed by atoms with E-state index < -0.39 is 21.6 Å². The minimum atomic E-state index is -3.97. The summed E-state index contributed by atoms with van der Waals surface area (Å²) in [5.41, 5.74) is 0.489. The highest BCUT2D eigenvalue weighted by Crippen LogP contribution is 2.28. The second-order valence-corrected chi connectivity index (χ2v) is 9.22. The molecule has 29 heavy (non-hydrogen) atoms. The van der Waals surface area contributed by atoms with Crippen LogP contribution in [0.5, 0.6) is 0 Å². The van der Waals surface area contributed by atoms with Crippen LogP contribution in [-0.2, 0) is 32.6 Å². The summed E-state index contributed by atoms with van der Waals surface area (Å²) in [5, 5.41) is 9.49. The van der Waals surface area contributed by atoms with Crippen LogP contribution in [0, 0.1) is 0 Å². The number of nitrogens with zero attached hydrogens (tertiary/aromatic N) is 2. The third-order valence-corrected chi connectivity index (χ3v) is 6.61. The Hall–Kier alpha value is -2.42. The van der Waals surface area contributed by atoms with E-state index in [1.807, 2.05) is 6.92 Å². The maximum absolute atomic E-state index is 13.4. The van der Waals surface area contributed by atoms with Crippen molar-refractivity contribution in [2.24, 2.45) is 0 Å². The number of carboxylic acid groups (broad SMARTS) is 1. The van der Waals surface area contributed by atoms with Crippen LogP contribution in [0.1, 0.15) is 32.0 Å². The van der Waals surface area contributed by atoms with E-state index in [0.717, 1.165) is 16.0 Å². The van der Waals surface area contributed by atoms with Gasteiger partial charge in [0.2, 0.25) is 0 Å². The average molecular weight is 437 g/mol. The molecule has 0 atom stereocenters. The zero-order chi connectivity index (χ0) is 21.4. The largest absolute Gasteiger partial charge is 0.479 e. The number of aromatic nitrogens is 2. The lowest BCUT2D eigenvalue weighted by Gasteiger charge is -2.20. The van der Waals surface area contributed by atoms with Gasteiger partial charge in [0.25, 0.3) is 10.0 Å². The lowest BCUT2D eigenvalue weighted by molar-refractivity contribution is -0.162. The first-order chi connectivity index (χ1) is 13.6. The van der Waals surface area contributed by atoms with Gasteiger partial charge in [-0.15, -0.1) is 0 Å². The van der Waals surface area contributed by atoms with E-state index in [0.29, 0.717) is 11.0 Å². The molecule has 0 fully saturated rings. The molecule has 0 saturated heterocycles. The molecule has 3 rings (SSSR count). The molecule has 0 aliphatic rings. The van der Waals surface area contributed by atoms with Gasteiger partial charge in [0.15, 0.2) is 5.60 Å². The zero-order valence-corrected chi connectivity index (χ0v) is 17.8. The van der Waals surface area contributed by atoms with E-state index in [-0.39, 0.29) is 22.3 Å². The number of ether oxygens (including phenoxy) is 1. The highest BCUT2D eigenvalue weighted by atomic mass is 35.5. The van der Waals surface area contributed by atoms with Gasteiger partial charge in [0, 0.05) is 0 Å². The number of pyridine rings is 1. The predicted molar refractivity (Wildman–Crippen MR) is 110 cm³/mol. The van der Waals surface area contributed by atoms with Crippen molar-refractivity contribution in [2.75, 3.05) is 0 Å². The van der Waals surface area contributed by atoms with Gasteiger partial charge < -0.3 is 9.84 Å². The number of aryl methyl sites for hydroxylation is 1. The van der Waals surface area contributed by atoms with Crippen LogP contribution in [0.4, 0.5) is 0 Å². The minimum Gasteiger partial charge on any atom is -0.479 e. The van der Waals surface area contributed by atoms with E-state index >= 15 is 0 Å². The fourth-order valence-electron chi connectivity index (χ4n) is 2.79. The fourth-order valence-corrected chi connectivity index (χ4v) is 4.47. The summed E-state index contributed by atoms with van der Waals surface area (Å²) in [6, 6.07) is 11.2. The summed E-state index contributed by atoms with van der Waals surface area (Å²) in [7, 11) is -3.97. The molecule has 0 amide bonds. The predicted octanol–water partition coefficient (Wildman–Crippen LogP) is 3.87. The van der Waals surface area contributed by atoms with Crippen molar-refractivity contribution in [2.45, 2.75) is 44.3 Å². The second kappa shape index (κ2) is 7.78. The third-order valence-electron chi connectivity index (χ3n) is 4.62. The Balaban J connectivity index is 2.14. The van der Waals surface area contributed by atoms with E-state index in [9.17, 15) is 18.3 Å². The zero-order valence-electron chi connectivity index (χ0n) is 16.2. The van der Waals surface area contributed by atoms with Crippen molar-refractivity contribution < 1.29 is 23.1 Å². The molecule has 0 radical (unpaired) electrons. The first-order valence-electron chi connectivity index (χ1n) is 8.95. The first kappa shape index (κ1) is 21.3. The molecule has 2 aromatic heterocycles. The Bertz CT molecular complexity index is 1170. The van der Waals surface area contributed by atoms with Crippen molar-refractivity contribution in [3.8, 4) is 0 Å². The van der Waals surface area contributed by atoms with E-state index in [2.05, 4.69) is 4.98 Å². The number of carboxylic acids is 1. The Morgan fingerprint density at radius 3 is 2.45 bits per heavy atom. The second-order valence-electron chi connectivity index (χ2n) is 7.05. The van der Waals surface area contributed by atoms with Crippen molar-refractivity contribution >= 4 is 38.6 Å². The summed E-state index contributed by atoms with van der Waals surface area (Å²) >= 11 is 5.96. The lowest BCUT2D eigenvalue weighted by atomic mass is 10.1. The van der Waals surface area contributed by atoms with Crippen LogP contribution in [-0.4, -0.2) is 34.1 Å². The molecule has 3 aromatic rings. The van der Waals surface area contributed by atoms with Gasteiger partial charge in [-0.2, -0.15) is 0 Å². The van der Waals surface area contributed by atoms with Gasteiger partial charge in [-0.3, -0.25) is 0 Å². The number of hydrogen-bond donors (Lipinski definition) is 1. The molecule has 0 saturated carbocycles. The number of fused-ring (bicyclic) bond motifs is 1. The number of hydrogen-bond acceptors (Lipinski definition) is 5.